The van der Waals surface area contributed by atoms with Crippen LogP contribution in [0.15, 0.2) is 42.5 Å². The van der Waals surface area contributed by atoms with Crippen LogP contribution in [0, 0.1) is 13.8 Å². The first-order valence-electron chi connectivity index (χ1n) is 10.2. The quantitative estimate of drug-likeness (QED) is 0.734. The van der Waals surface area contributed by atoms with Crippen LogP contribution < -0.4 is 15.5 Å². The standard InChI is InChI=1S/C23H30N4O3/c1-17-4-5-20(14-18(17)2)25-23(29)16-26(3)15-22(28)24-19-6-8-21(9-7-19)27-10-12-30-13-11-27/h4-9,14H,10-13,15-16H2,1-3H3,(H,24,28)(H,25,29). The molecule has 3 rings (SSSR count). The minimum Gasteiger partial charge on any atom is -0.378 e. The summed E-state index contributed by atoms with van der Waals surface area (Å²) in [4.78, 5) is 28.5. The fourth-order valence-electron chi connectivity index (χ4n) is 3.34. The molecule has 1 aliphatic heterocycles. The van der Waals surface area contributed by atoms with Gasteiger partial charge >= 0.3 is 0 Å². The van der Waals surface area contributed by atoms with Gasteiger partial charge in [-0.05, 0) is 68.4 Å². The maximum Gasteiger partial charge on any atom is 0.238 e. The molecule has 0 saturated carbocycles. The average molecular weight is 411 g/mol. The minimum atomic E-state index is -0.157. The Labute approximate surface area is 178 Å². The molecule has 160 valence electrons. The van der Waals surface area contributed by atoms with Crippen LogP contribution in [-0.2, 0) is 14.3 Å². The summed E-state index contributed by atoms with van der Waals surface area (Å²) >= 11 is 0. The van der Waals surface area contributed by atoms with E-state index in [-0.39, 0.29) is 24.9 Å². The molecule has 2 aromatic rings. The van der Waals surface area contributed by atoms with Crippen molar-refractivity contribution in [1.29, 1.82) is 0 Å². The fourth-order valence-corrected chi connectivity index (χ4v) is 3.34. The Morgan fingerprint density at radius 3 is 2.07 bits per heavy atom. The number of aryl methyl sites for hydroxylation is 2. The number of anilines is 3. The van der Waals surface area contributed by atoms with Crippen molar-refractivity contribution in [2.75, 3.05) is 62.0 Å². The molecule has 0 aromatic heterocycles. The summed E-state index contributed by atoms with van der Waals surface area (Å²) in [5, 5.41) is 5.76. The van der Waals surface area contributed by atoms with Gasteiger partial charge in [0.05, 0.1) is 26.3 Å². The monoisotopic (exact) mass is 410 g/mol. The van der Waals surface area contributed by atoms with Crippen LogP contribution in [0.1, 0.15) is 11.1 Å². The lowest BCUT2D eigenvalue weighted by Crippen LogP contribution is -2.36. The second-order valence-electron chi connectivity index (χ2n) is 7.71. The topological polar surface area (TPSA) is 73.9 Å². The van der Waals surface area contributed by atoms with Crippen molar-refractivity contribution in [2.24, 2.45) is 0 Å². The maximum atomic E-state index is 12.3. The predicted octanol–water partition coefficient (Wildman–Crippen LogP) is 2.65. The first-order valence-corrected chi connectivity index (χ1v) is 10.2. The zero-order valence-corrected chi connectivity index (χ0v) is 17.9. The van der Waals surface area contributed by atoms with E-state index in [1.54, 1.807) is 11.9 Å². The molecule has 1 aliphatic rings. The van der Waals surface area contributed by atoms with E-state index in [9.17, 15) is 9.59 Å². The third kappa shape index (κ3) is 6.30. The molecule has 0 bridgehead atoms. The zero-order chi connectivity index (χ0) is 21.5. The largest absolute Gasteiger partial charge is 0.378 e. The summed E-state index contributed by atoms with van der Waals surface area (Å²) < 4.78 is 5.37. The summed E-state index contributed by atoms with van der Waals surface area (Å²) in [5.41, 5.74) is 4.93. The molecule has 2 amide bonds. The van der Waals surface area contributed by atoms with E-state index in [1.165, 1.54) is 5.56 Å². The second kappa shape index (κ2) is 10.2. The molecule has 7 heteroatoms. The zero-order valence-electron chi connectivity index (χ0n) is 17.9. The second-order valence-corrected chi connectivity index (χ2v) is 7.71. The molecule has 1 fully saturated rings. The average Bonchev–Trinajstić information content (AvgIpc) is 2.71. The third-order valence-electron chi connectivity index (χ3n) is 5.15. The molecule has 7 nitrogen and oxygen atoms in total. The Balaban J connectivity index is 1.44. The van der Waals surface area contributed by atoms with Crippen molar-refractivity contribution in [1.82, 2.24) is 4.90 Å². The molecule has 0 radical (unpaired) electrons. The molecule has 30 heavy (non-hydrogen) atoms. The van der Waals surface area contributed by atoms with Crippen LogP contribution in [0.4, 0.5) is 17.1 Å². The van der Waals surface area contributed by atoms with Crippen molar-refractivity contribution in [3.05, 3.63) is 53.6 Å². The lowest BCUT2D eigenvalue weighted by molar-refractivity contribution is -0.119. The van der Waals surface area contributed by atoms with Crippen LogP contribution in [0.3, 0.4) is 0 Å². The molecule has 2 N–H and O–H groups in total. The van der Waals surface area contributed by atoms with Crippen LogP contribution in [0.25, 0.3) is 0 Å². The van der Waals surface area contributed by atoms with Gasteiger partial charge in [-0.1, -0.05) is 6.07 Å². The van der Waals surface area contributed by atoms with E-state index < -0.39 is 0 Å². The van der Waals surface area contributed by atoms with Crippen LogP contribution in [0.5, 0.6) is 0 Å². The molecule has 0 aliphatic carbocycles. The van der Waals surface area contributed by atoms with E-state index in [2.05, 4.69) is 15.5 Å². The van der Waals surface area contributed by atoms with Crippen molar-refractivity contribution >= 4 is 28.9 Å². The molecule has 0 unspecified atom stereocenters. The van der Waals surface area contributed by atoms with Gasteiger partial charge in [0.15, 0.2) is 0 Å². The first kappa shape index (κ1) is 21.8. The Kier molecular flexibility index (Phi) is 7.43. The van der Waals surface area contributed by atoms with Gasteiger partial charge in [0.2, 0.25) is 11.8 Å². The SMILES string of the molecule is Cc1ccc(NC(=O)CN(C)CC(=O)Nc2ccc(N3CCOCC3)cc2)cc1C. The van der Waals surface area contributed by atoms with Gasteiger partial charge < -0.3 is 20.3 Å². The number of amides is 2. The number of nitrogens with zero attached hydrogens (tertiary/aromatic N) is 2. The number of ether oxygens (including phenoxy) is 1. The molecule has 1 heterocycles. The van der Waals surface area contributed by atoms with E-state index >= 15 is 0 Å². The van der Waals surface area contributed by atoms with Crippen molar-refractivity contribution in [2.45, 2.75) is 13.8 Å². The van der Waals surface area contributed by atoms with E-state index in [0.717, 1.165) is 48.9 Å². The lowest BCUT2D eigenvalue weighted by atomic mass is 10.1. The summed E-state index contributed by atoms with van der Waals surface area (Å²) in [5.74, 6) is -0.306. The Hall–Kier alpha value is -2.90. The normalized spacial score (nSPS) is 13.9. The number of hydrogen-bond acceptors (Lipinski definition) is 5. The number of carbonyl (C=O) groups is 2. The van der Waals surface area contributed by atoms with Gasteiger partial charge in [0, 0.05) is 30.2 Å². The van der Waals surface area contributed by atoms with E-state index in [4.69, 9.17) is 4.74 Å². The highest BCUT2D eigenvalue weighted by atomic mass is 16.5. The van der Waals surface area contributed by atoms with Gasteiger partial charge in [0.1, 0.15) is 0 Å². The van der Waals surface area contributed by atoms with Gasteiger partial charge in [-0.2, -0.15) is 0 Å². The Morgan fingerprint density at radius 2 is 1.47 bits per heavy atom. The number of hydrogen-bond donors (Lipinski definition) is 2. The molecule has 0 spiro atoms. The van der Waals surface area contributed by atoms with E-state index in [1.807, 2.05) is 56.3 Å². The molecule has 0 atom stereocenters. The van der Waals surface area contributed by atoms with Crippen molar-refractivity contribution in [3.8, 4) is 0 Å². The summed E-state index contributed by atoms with van der Waals surface area (Å²) in [7, 11) is 1.75. The van der Waals surface area contributed by atoms with Crippen LogP contribution >= 0.6 is 0 Å². The van der Waals surface area contributed by atoms with Crippen molar-refractivity contribution in [3.63, 3.8) is 0 Å². The van der Waals surface area contributed by atoms with Crippen LogP contribution in [0.2, 0.25) is 0 Å². The first-order chi connectivity index (χ1) is 14.4. The predicted molar refractivity (Wildman–Crippen MR) is 120 cm³/mol. The van der Waals surface area contributed by atoms with Gasteiger partial charge in [-0.3, -0.25) is 14.5 Å². The lowest BCUT2D eigenvalue weighted by Gasteiger charge is -2.28. The molecule has 2 aromatic carbocycles. The van der Waals surface area contributed by atoms with Gasteiger partial charge in [-0.25, -0.2) is 0 Å². The van der Waals surface area contributed by atoms with Crippen LogP contribution in [-0.4, -0.2) is 63.2 Å². The highest BCUT2D eigenvalue weighted by molar-refractivity contribution is 5.94. The maximum absolute atomic E-state index is 12.3. The summed E-state index contributed by atoms with van der Waals surface area (Å²) in [6.07, 6.45) is 0. The van der Waals surface area contributed by atoms with Crippen molar-refractivity contribution < 1.29 is 14.3 Å². The number of nitrogens with one attached hydrogen (secondary N) is 2. The molecular weight excluding hydrogens is 380 g/mol. The molecule has 1 saturated heterocycles. The number of benzene rings is 2. The Morgan fingerprint density at radius 1 is 0.900 bits per heavy atom. The van der Waals surface area contributed by atoms with Gasteiger partial charge in [-0.15, -0.1) is 0 Å². The number of likely N-dealkylation sites (N-methyl/N-ethyl adjacent to an activating group) is 1. The number of rotatable bonds is 7. The number of morpholine rings is 1. The minimum absolute atomic E-state index is 0.131. The highest BCUT2D eigenvalue weighted by Gasteiger charge is 2.13. The summed E-state index contributed by atoms with van der Waals surface area (Å²) in [6.45, 7) is 7.53. The molecular formula is C23H30N4O3. The number of carbonyl (C=O) groups excluding carboxylic acids is 2. The smallest absolute Gasteiger partial charge is 0.238 e. The Bertz CT molecular complexity index is 877. The van der Waals surface area contributed by atoms with E-state index in [0.29, 0.717) is 0 Å². The third-order valence-corrected chi connectivity index (χ3v) is 5.15. The van der Waals surface area contributed by atoms with Gasteiger partial charge in [0.25, 0.3) is 0 Å². The highest BCUT2D eigenvalue weighted by Crippen LogP contribution is 2.19. The summed E-state index contributed by atoms with van der Waals surface area (Å²) in [6, 6.07) is 13.6. The fraction of sp³-hybridized carbons (Fsp3) is 0.391.